The average molecular weight is 380 g/mol. The molecule has 1 aromatic carbocycles. The summed E-state index contributed by atoms with van der Waals surface area (Å²) in [6, 6.07) is 14.1. The van der Waals surface area contributed by atoms with Crippen LogP contribution < -0.4 is 0 Å². The van der Waals surface area contributed by atoms with Gasteiger partial charge >= 0.3 is 0 Å². The summed E-state index contributed by atoms with van der Waals surface area (Å²) in [6.07, 6.45) is 4.50. The van der Waals surface area contributed by atoms with Gasteiger partial charge in [-0.15, -0.1) is 0 Å². The van der Waals surface area contributed by atoms with Crippen LogP contribution in [0.5, 0.6) is 0 Å². The summed E-state index contributed by atoms with van der Waals surface area (Å²) in [7, 11) is 0. The molecule has 2 saturated heterocycles. The molecule has 1 atom stereocenters. The molecule has 5 nitrogen and oxygen atoms in total. The number of rotatable bonds is 5. The molecule has 3 heterocycles. The van der Waals surface area contributed by atoms with Gasteiger partial charge in [0.1, 0.15) is 0 Å². The van der Waals surface area contributed by atoms with Crippen LogP contribution >= 0.6 is 0 Å². The summed E-state index contributed by atoms with van der Waals surface area (Å²) in [5.41, 5.74) is 3.97. The number of aliphatic hydroxyl groups excluding tert-OH is 1. The molecule has 2 aliphatic heterocycles. The standard InChI is InChI=1S/C23H29N3O2/c27-17-18-6-3-7-19(14-18)21-9-4-10-22(24-21)20-8-5-11-25(15-20)16-23(28)26-12-1-2-13-26/h3-4,6-7,9-10,14,20,27H,1-2,5,8,11-13,15-17H2/t20-/m1/s1. The zero-order chi connectivity index (χ0) is 19.3. The van der Waals surface area contributed by atoms with Gasteiger partial charge in [-0.05, 0) is 56.0 Å². The smallest absolute Gasteiger partial charge is 0.236 e. The number of amides is 1. The second-order valence-corrected chi connectivity index (χ2v) is 7.97. The molecule has 2 aliphatic rings. The summed E-state index contributed by atoms with van der Waals surface area (Å²) in [5, 5.41) is 9.39. The molecule has 4 rings (SSSR count). The van der Waals surface area contributed by atoms with Crippen LogP contribution in [0.3, 0.4) is 0 Å². The van der Waals surface area contributed by atoms with Gasteiger partial charge in [0, 0.05) is 36.8 Å². The maximum atomic E-state index is 12.5. The molecule has 1 amide bonds. The number of nitrogens with zero attached hydrogens (tertiary/aromatic N) is 3. The third-order valence-corrected chi connectivity index (χ3v) is 5.92. The quantitative estimate of drug-likeness (QED) is 0.868. The van der Waals surface area contributed by atoms with Crippen LogP contribution in [-0.4, -0.2) is 58.5 Å². The average Bonchev–Trinajstić information content (AvgIpc) is 3.29. The van der Waals surface area contributed by atoms with Crippen molar-refractivity contribution in [1.82, 2.24) is 14.8 Å². The van der Waals surface area contributed by atoms with E-state index in [0.717, 1.165) is 74.4 Å². The minimum absolute atomic E-state index is 0.0379. The molecule has 2 aromatic rings. The summed E-state index contributed by atoms with van der Waals surface area (Å²) in [6.45, 7) is 4.31. The van der Waals surface area contributed by atoms with E-state index in [0.29, 0.717) is 12.5 Å². The lowest BCUT2D eigenvalue weighted by molar-refractivity contribution is -0.131. The highest BCUT2D eigenvalue weighted by Crippen LogP contribution is 2.28. The van der Waals surface area contributed by atoms with Gasteiger partial charge in [-0.2, -0.15) is 0 Å². The number of benzene rings is 1. The van der Waals surface area contributed by atoms with Crippen LogP contribution in [-0.2, 0) is 11.4 Å². The Balaban J connectivity index is 1.45. The second-order valence-electron chi connectivity index (χ2n) is 7.97. The number of carbonyl (C=O) groups is 1. The van der Waals surface area contributed by atoms with Crippen molar-refractivity contribution in [2.45, 2.75) is 38.2 Å². The highest BCUT2D eigenvalue weighted by atomic mass is 16.3. The molecular weight excluding hydrogens is 350 g/mol. The van der Waals surface area contributed by atoms with Gasteiger partial charge < -0.3 is 10.0 Å². The molecule has 2 fully saturated rings. The van der Waals surface area contributed by atoms with Crippen LogP contribution in [0.2, 0.25) is 0 Å². The predicted octanol–water partition coefficient (Wildman–Crippen LogP) is 3.04. The maximum absolute atomic E-state index is 12.5. The van der Waals surface area contributed by atoms with E-state index >= 15 is 0 Å². The number of aromatic nitrogens is 1. The molecule has 5 heteroatoms. The Bertz CT molecular complexity index is 817. The van der Waals surface area contributed by atoms with Crippen LogP contribution in [0, 0.1) is 0 Å². The molecule has 1 N–H and O–H groups in total. The van der Waals surface area contributed by atoms with Crippen molar-refractivity contribution in [3.63, 3.8) is 0 Å². The van der Waals surface area contributed by atoms with Gasteiger partial charge in [-0.25, -0.2) is 0 Å². The Morgan fingerprint density at radius 2 is 1.89 bits per heavy atom. The number of carbonyl (C=O) groups excluding carboxylic acids is 1. The minimum Gasteiger partial charge on any atom is -0.392 e. The largest absolute Gasteiger partial charge is 0.392 e. The SMILES string of the molecule is O=C(CN1CCC[C@@H](c2cccc(-c3cccc(CO)c3)n2)C1)N1CCCC1. The van der Waals surface area contributed by atoms with Gasteiger partial charge in [0.2, 0.25) is 5.91 Å². The van der Waals surface area contributed by atoms with Gasteiger partial charge in [0.15, 0.2) is 0 Å². The molecule has 0 unspecified atom stereocenters. The number of likely N-dealkylation sites (tertiary alicyclic amines) is 2. The first-order valence-corrected chi connectivity index (χ1v) is 10.4. The molecule has 148 valence electrons. The number of piperidine rings is 1. The Kier molecular flexibility index (Phi) is 6.03. The van der Waals surface area contributed by atoms with Crippen LogP contribution in [0.4, 0.5) is 0 Å². The maximum Gasteiger partial charge on any atom is 0.236 e. The van der Waals surface area contributed by atoms with E-state index in [9.17, 15) is 9.90 Å². The van der Waals surface area contributed by atoms with Crippen LogP contribution in [0.1, 0.15) is 42.9 Å². The number of aliphatic hydroxyl groups is 1. The fraction of sp³-hybridized carbons (Fsp3) is 0.478. The van der Waals surface area contributed by atoms with Crippen molar-refractivity contribution in [3.8, 4) is 11.3 Å². The Hall–Kier alpha value is -2.24. The molecule has 0 spiro atoms. The zero-order valence-corrected chi connectivity index (χ0v) is 16.4. The summed E-state index contributed by atoms with van der Waals surface area (Å²) in [4.78, 5) is 21.7. The van der Waals surface area contributed by atoms with E-state index in [1.54, 1.807) is 0 Å². The van der Waals surface area contributed by atoms with Crippen molar-refractivity contribution in [3.05, 3.63) is 53.7 Å². The van der Waals surface area contributed by atoms with Gasteiger partial charge in [-0.3, -0.25) is 14.7 Å². The van der Waals surface area contributed by atoms with Gasteiger partial charge in [-0.1, -0.05) is 24.3 Å². The molecule has 28 heavy (non-hydrogen) atoms. The third kappa shape index (κ3) is 4.42. The first kappa shape index (κ1) is 19.1. The van der Waals surface area contributed by atoms with Crippen molar-refractivity contribution in [2.75, 3.05) is 32.7 Å². The highest BCUT2D eigenvalue weighted by Gasteiger charge is 2.26. The second kappa shape index (κ2) is 8.84. The van der Waals surface area contributed by atoms with E-state index < -0.39 is 0 Å². The number of hydrogen-bond acceptors (Lipinski definition) is 4. The normalized spacial score (nSPS) is 20.5. The zero-order valence-electron chi connectivity index (χ0n) is 16.4. The number of pyridine rings is 1. The first-order valence-electron chi connectivity index (χ1n) is 10.4. The van der Waals surface area contributed by atoms with Crippen LogP contribution in [0.25, 0.3) is 11.3 Å². The molecule has 0 saturated carbocycles. The predicted molar refractivity (Wildman–Crippen MR) is 110 cm³/mol. The number of hydrogen-bond donors (Lipinski definition) is 1. The fourth-order valence-electron chi connectivity index (χ4n) is 4.37. The van der Waals surface area contributed by atoms with Gasteiger partial charge in [0.05, 0.1) is 18.8 Å². The van der Waals surface area contributed by atoms with Crippen molar-refractivity contribution in [1.29, 1.82) is 0 Å². The van der Waals surface area contributed by atoms with Crippen molar-refractivity contribution < 1.29 is 9.90 Å². The first-order chi connectivity index (χ1) is 13.7. The third-order valence-electron chi connectivity index (χ3n) is 5.92. The molecule has 1 aromatic heterocycles. The Labute approximate surface area is 167 Å². The lowest BCUT2D eigenvalue weighted by Crippen LogP contribution is -2.43. The summed E-state index contributed by atoms with van der Waals surface area (Å²) >= 11 is 0. The minimum atomic E-state index is 0.0379. The highest BCUT2D eigenvalue weighted by molar-refractivity contribution is 5.78. The monoisotopic (exact) mass is 379 g/mol. The van der Waals surface area contributed by atoms with E-state index in [2.05, 4.69) is 17.0 Å². The summed E-state index contributed by atoms with van der Waals surface area (Å²) in [5.74, 6) is 0.641. The van der Waals surface area contributed by atoms with Crippen molar-refractivity contribution in [2.24, 2.45) is 0 Å². The molecular formula is C23H29N3O2. The summed E-state index contributed by atoms with van der Waals surface area (Å²) < 4.78 is 0. The Morgan fingerprint density at radius 1 is 1.07 bits per heavy atom. The molecule has 0 aliphatic carbocycles. The Morgan fingerprint density at radius 3 is 2.71 bits per heavy atom. The molecule has 0 bridgehead atoms. The lowest BCUT2D eigenvalue weighted by Gasteiger charge is -2.33. The van der Waals surface area contributed by atoms with Crippen molar-refractivity contribution >= 4 is 5.91 Å². The lowest BCUT2D eigenvalue weighted by atomic mass is 9.93. The fourth-order valence-corrected chi connectivity index (χ4v) is 4.37. The van der Waals surface area contributed by atoms with Crippen LogP contribution in [0.15, 0.2) is 42.5 Å². The van der Waals surface area contributed by atoms with Gasteiger partial charge in [0.25, 0.3) is 0 Å². The topological polar surface area (TPSA) is 56.7 Å². The van der Waals surface area contributed by atoms with E-state index in [-0.39, 0.29) is 12.5 Å². The van der Waals surface area contributed by atoms with E-state index in [1.165, 1.54) is 0 Å². The molecule has 0 radical (unpaired) electrons. The van der Waals surface area contributed by atoms with E-state index in [4.69, 9.17) is 4.98 Å². The van der Waals surface area contributed by atoms with E-state index in [1.807, 2.05) is 35.2 Å².